The van der Waals surface area contributed by atoms with Crippen molar-refractivity contribution in [2.75, 3.05) is 13.1 Å². The van der Waals surface area contributed by atoms with Crippen molar-refractivity contribution in [3.63, 3.8) is 0 Å². The molecule has 0 amide bonds. The Kier molecular flexibility index (Phi) is 4.57. The van der Waals surface area contributed by atoms with Crippen LogP contribution in [0.1, 0.15) is 44.2 Å². The first-order valence-electron chi connectivity index (χ1n) is 8.24. The predicted molar refractivity (Wildman–Crippen MR) is 90.4 cm³/mol. The molecule has 0 aliphatic carbocycles. The van der Waals surface area contributed by atoms with Gasteiger partial charge in [0, 0.05) is 18.6 Å². The van der Waals surface area contributed by atoms with Gasteiger partial charge in [0.25, 0.3) is 0 Å². The average Bonchev–Trinajstić information content (AvgIpc) is 2.74. The Morgan fingerprint density at radius 1 is 1.10 bits per heavy atom. The molecule has 2 aromatic rings. The van der Waals surface area contributed by atoms with E-state index in [1.165, 1.54) is 48.6 Å². The summed E-state index contributed by atoms with van der Waals surface area (Å²) in [5, 5.41) is 2.67. The second-order valence-corrected chi connectivity index (χ2v) is 6.26. The van der Waals surface area contributed by atoms with Gasteiger partial charge >= 0.3 is 0 Å². The van der Waals surface area contributed by atoms with E-state index in [-0.39, 0.29) is 0 Å². The summed E-state index contributed by atoms with van der Waals surface area (Å²) in [6.45, 7) is 4.23. The van der Waals surface area contributed by atoms with E-state index in [4.69, 9.17) is 5.73 Å². The molecule has 0 aromatic heterocycles. The second-order valence-electron chi connectivity index (χ2n) is 6.26. The van der Waals surface area contributed by atoms with Crippen molar-refractivity contribution in [1.29, 1.82) is 0 Å². The molecule has 2 N–H and O–H groups in total. The van der Waals surface area contributed by atoms with E-state index in [1.54, 1.807) is 0 Å². The molecule has 0 bridgehead atoms. The Morgan fingerprint density at radius 2 is 1.90 bits per heavy atom. The predicted octanol–water partition coefficient (Wildman–Crippen LogP) is 4.10. The van der Waals surface area contributed by atoms with Crippen LogP contribution in [-0.2, 0) is 0 Å². The van der Waals surface area contributed by atoms with Crippen LogP contribution in [0.4, 0.5) is 0 Å². The highest BCUT2D eigenvalue weighted by atomic mass is 15.2. The minimum absolute atomic E-state index is 0.337. The van der Waals surface area contributed by atoms with Gasteiger partial charge in [0.15, 0.2) is 0 Å². The van der Waals surface area contributed by atoms with Gasteiger partial charge in [-0.15, -0.1) is 0 Å². The molecule has 0 saturated carbocycles. The summed E-state index contributed by atoms with van der Waals surface area (Å²) in [6, 6.07) is 16.2. The molecule has 21 heavy (non-hydrogen) atoms. The third kappa shape index (κ3) is 2.97. The Hall–Kier alpha value is -1.38. The summed E-state index contributed by atoms with van der Waals surface area (Å²) in [6.07, 6.45) is 5.30. The van der Waals surface area contributed by atoms with Gasteiger partial charge in [-0.05, 0) is 42.6 Å². The van der Waals surface area contributed by atoms with E-state index in [0.29, 0.717) is 18.6 Å². The zero-order valence-corrected chi connectivity index (χ0v) is 13.0. The highest BCUT2D eigenvalue weighted by Crippen LogP contribution is 2.31. The fourth-order valence-corrected chi connectivity index (χ4v) is 3.74. The van der Waals surface area contributed by atoms with Crippen molar-refractivity contribution in [3.8, 4) is 0 Å². The lowest BCUT2D eigenvalue weighted by Crippen LogP contribution is -2.39. The number of hydrogen-bond donors (Lipinski definition) is 1. The zero-order chi connectivity index (χ0) is 14.7. The third-order valence-electron chi connectivity index (χ3n) is 4.91. The van der Waals surface area contributed by atoms with Crippen LogP contribution in [0.2, 0.25) is 0 Å². The average molecular weight is 282 g/mol. The number of benzene rings is 2. The van der Waals surface area contributed by atoms with E-state index >= 15 is 0 Å². The molecule has 0 radical (unpaired) electrons. The molecule has 0 spiro atoms. The minimum atomic E-state index is 0.337. The SMILES string of the molecule is CC1CCCCCN1C(CN)c1cccc2ccccc12. The van der Waals surface area contributed by atoms with Gasteiger partial charge in [0.2, 0.25) is 0 Å². The molecule has 2 unspecified atom stereocenters. The van der Waals surface area contributed by atoms with Crippen LogP contribution < -0.4 is 5.73 Å². The second kappa shape index (κ2) is 6.59. The Bertz CT molecular complexity index is 588. The molecule has 1 fully saturated rings. The number of nitrogens with zero attached hydrogens (tertiary/aromatic N) is 1. The summed E-state index contributed by atoms with van der Waals surface area (Å²) in [7, 11) is 0. The molecular formula is C19H26N2. The Morgan fingerprint density at radius 3 is 2.76 bits per heavy atom. The highest BCUT2D eigenvalue weighted by molar-refractivity contribution is 5.86. The summed E-state index contributed by atoms with van der Waals surface area (Å²) in [5.74, 6) is 0. The number of nitrogens with two attached hydrogens (primary N) is 1. The molecular weight excluding hydrogens is 256 g/mol. The monoisotopic (exact) mass is 282 g/mol. The smallest absolute Gasteiger partial charge is 0.0479 e. The number of rotatable bonds is 3. The summed E-state index contributed by atoms with van der Waals surface area (Å²) < 4.78 is 0. The number of fused-ring (bicyclic) bond motifs is 1. The first-order chi connectivity index (χ1) is 10.3. The van der Waals surface area contributed by atoms with E-state index in [2.05, 4.69) is 54.3 Å². The lowest BCUT2D eigenvalue weighted by atomic mass is 9.96. The molecule has 1 heterocycles. The van der Waals surface area contributed by atoms with Gasteiger partial charge in [0.05, 0.1) is 0 Å². The van der Waals surface area contributed by atoms with Gasteiger partial charge in [-0.1, -0.05) is 55.3 Å². The van der Waals surface area contributed by atoms with E-state index < -0.39 is 0 Å². The van der Waals surface area contributed by atoms with Crippen molar-refractivity contribution in [3.05, 3.63) is 48.0 Å². The van der Waals surface area contributed by atoms with Gasteiger partial charge in [-0.3, -0.25) is 4.90 Å². The largest absolute Gasteiger partial charge is 0.329 e. The maximum Gasteiger partial charge on any atom is 0.0479 e. The van der Waals surface area contributed by atoms with Gasteiger partial charge < -0.3 is 5.73 Å². The Labute approximate surface area is 127 Å². The van der Waals surface area contributed by atoms with Crippen LogP contribution in [0.5, 0.6) is 0 Å². The molecule has 2 heteroatoms. The van der Waals surface area contributed by atoms with Crippen LogP contribution in [-0.4, -0.2) is 24.0 Å². The van der Waals surface area contributed by atoms with Crippen molar-refractivity contribution >= 4 is 10.8 Å². The van der Waals surface area contributed by atoms with Crippen LogP contribution in [0.3, 0.4) is 0 Å². The topological polar surface area (TPSA) is 29.3 Å². The molecule has 1 aliphatic rings. The molecule has 1 aliphatic heterocycles. The molecule has 112 valence electrons. The molecule has 2 atom stereocenters. The highest BCUT2D eigenvalue weighted by Gasteiger charge is 2.26. The van der Waals surface area contributed by atoms with Gasteiger partial charge in [-0.2, -0.15) is 0 Å². The standard InChI is InChI=1S/C19H26N2/c1-15-8-3-2-6-13-21(15)19(14-20)18-12-7-10-16-9-4-5-11-17(16)18/h4-5,7,9-12,15,19H,2-3,6,8,13-14,20H2,1H3. The Balaban J connectivity index is 2.01. The molecule has 1 saturated heterocycles. The van der Waals surface area contributed by atoms with Gasteiger partial charge in [0.1, 0.15) is 0 Å². The minimum Gasteiger partial charge on any atom is -0.329 e. The van der Waals surface area contributed by atoms with Crippen molar-refractivity contribution < 1.29 is 0 Å². The first kappa shape index (κ1) is 14.6. The fraction of sp³-hybridized carbons (Fsp3) is 0.474. The fourth-order valence-electron chi connectivity index (χ4n) is 3.74. The normalized spacial score (nSPS) is 22.1. The van der Waals surface area contributed by atoms with Crippen LogP contribution >= 0.6 is 0 Å². The first-order valence-corrected chi connectivity index (χ1v) is 8.24. The van der Waals surface area contributed by atoms with Crippen molar-refractivity contribution in [2.45, 2.75) is 44.7 Å². The lowest BCUT2D eigenvalue weighted by Gasteiger charge is -2.35. The maximum absolute atomic E-state index is 6.20. The lowest BCUT2D eigenvalue weighted by molar-refractivity contribution is 0.151. The molecule has 2 aromatic carbocycles. The summed E-state index contributed by atoms with van der Waals surface area (Å²) >= 11 is 0. The van der Waals surface area contributed by atoms with Crippen LogP contribution in [0, 0.1) is 0 Å². The quantitative estimate of drug-likeness (QED) is 0.918. The van der Waals surface area contributed by atoms with Crippen LogP contribution in [0.25, 0.3) is 10.8 Å². The summed E-state index contributed by atoms with van der Waals surface area (Å²) in [5.41, 5.74) is 7.59. The molecule has 3 rings (SSSR count). The summed E-state index contributed by atoms with van der Waals surface area (Å²) in [4.78, 5) is 2.63. The van der Waals surface area contributed by atoms with Gasteiger partial charge in [-0.25, -0.2) is 0 Å². The number of hydrogen-bond acceptors (Lipinski definition) is 2. The molecule has 2 nitrogen and oxygen atoms in total. The third-order valence-corrected chi connectivity index (χ3v) is 4.91. The van der Waals surface area contributed by atoms with Crippen LogP contribution in [0.15, 0.2) is 42.5 Å². The van der Waals surface area contributed by atoms with Crippen molar-refractivity contribution in [1.82, 2.24) is 4.90 Å². The van der Waals surface area contributed by atoms with Crippen molar-refractivity contribution in [2.24, 2.45) is 5.73 Å². The maximum atomic E-state index is 6.20. The van der Waals surface area contributed by atoms with E-state index in [1.807, 2.05) is 0 Å². The van der Waals surface area contributed by atoms with E-state index in [9.17, 15) is 0 Å². The number of likely N-dealkylation sites (tertiary alicyclic amines) is 1. The van der Waals surface area contributed by atoms with E-state index in [0.717, 1.165) is 0 Å². The zero-order valence-electron chi connectivity index (χ0n) is 13.0.